The minimum absolute atomic E-state index is 0.438. The van der Waals surface area contributed by atoms with Crippen molar-refractivity contribution in [2.45, 2.75) is 27.2 Å². The molecular weight excluding hydrogens is 156 g/mol. The van der Waals surface area contributed by atoms with Crippen LogP contribution < -0.4 is 0 Å². The summed E-state index contributed by atoms with van der Waals surface area (Å²) in [6.07, 6.45) is 2.84. The summed E-state index contributed by atoms with van der Waals surface area (Å²) in [5.74, 6) is 1.54. The Bertz CT molecular complexity index is 230. The van der Waals surface area contributed by atoms with Crippen LogP contribution in [-0.4, -0.2) is 11.8 Å². The van der Waals surface area contributed by atoms with Crippen molar-refractivity contribution in [1.29, 1.82) is 0 Å². The molecule has 0 atom stereocenters. The summed E-state index contributed by atoms with van der Waals surface area (Å²) in [6, 6.07) is 0. The molecule has 0 saturated heterocycles. The number of carbonyl (C=O) groups excluding carboxylic acids is 2. The zero-order valence-corrected chi connectivity index (χ0v) is 7.51. The van der Waals surface area contributed by atoms with Gasteiger partial charge in [-0.25, -0.2) is 4.79 Å². The molecule has 0 aromatic carbocycles. The predicted molar refractivity (Wildman–Crippen MR) is 44.0 cm³/mol. The SMILES string of the molecule is CC(=O)C(=O)OC#CCC(C)C. The molecular formula is C9H12O3. The highest BCUT2D eigenvalue weighted by Crippen LogP contribution is 1.95. The van der Waals surface area contributed by atoms with Gasteiger partial charge >= 0.3 is 5.97 Å². The van der Waals surface area contributed by atoms with Gasteiger partial charge in [0.05, 0.1) is 0 Å². The van der Waals surface area contributed by atoms with Crippen LogP contribution in [0.5, 0.6) is 0 Å². The second-order valence-corrected chi connectivity index (χ2v) is 2.82. The van der Waals surface area contributed by atoms with Gasteiger partial charge in [-0.05, 0) is 5.92 Å². The van der Waals surface area contributed by atoms with E-state index in [1.165, 1.54) is 0 Å². The molecule has 0 aromatic heterocycles. The summed E-state index contributed by atoms with van der Waals surface area (Å²) in [4.78, 5) is 20.8. The number of ketones is 1. The topological polar surface area (TPSA) is 43.4 Å². The van der Waals surface area contributed by atoms with Crippen LogP contribution in [0.3, 0.4) is 0 Å². The summed E-state index contributed by atoms with van der Waals surface area (Å²) in [5, 5.41) is 0. The summed E-state index contributed by atoms with van der Waals surface area (Å²) in [6.45, 7) is 5.15. The molecule has 12 heavy (non-hydrogen) atoms. The van der Waals surface area contributed by atoms with E-state index in [0.29, 0.717) is 12.3 Å². The van der Waals surface area contributed by atoms with Gasteiger partial charge in [0.2, 0.25) is 5.78 Å². The standard InChI is InChI=1S/C9H12O3/c1-7(2)5-4-6-12-9(11)8(3)10/h7H,5H2,1-3H3. The molecule has 0 N–H and O–H groups in total. The normalized spacial score (nSPS) is 8.67. The first-order chi connectivity index (χ1) is 5.54. The molecule has 0 saturated carbocycles. The Kier molecular flexibility index (Phi) is 4.78. The minimum atomic E-state index is -0.897. The van der Waals surface area contributed by atoms with E-state index in [2.05, 4.69) is 16.8 Å². The predicted octanol–water partition coefficient (Wildman–Crippen LogP) is 1.13. The number of hydrogen-bond donors (Lipinski definition) is 0. The van der Waals surface area contributed by atoms with Crippen molar-refractivity contribution in [1.82, 2.24) is 0 Å². The van der Waals surface area contributed by atoms with Crippen molar-refractivity contribution in [2.75, 3.05) is 0 Å². The first-order valence-electron chi connectivity index (χ1n) is 3.73. The van der Waals surface area contributed by atoms with E-state index in [1.54, 1.807) is 0 Å². The maximum Gasteiger partial charge on any atom is 0.388 e. The second-order valence-electron chi connectivity index (χ2n) is 2.82. The van der Waals surface area contributed by atoms with Gasteiger partial charge in [0.1, 0.15) is 6.11 Å². The van der Waals surface area contributed by atoms with Crippen molar-refractivity contribution in [3.8, 4) is 12.0 Å². The molecule has 0 aliphatic heterocycles. The molecule has 0 spiro atoms. The second kappa shape index (κ2) is 5.36. The van der Waals surface area contributed by atoms with Gasteiger partial charge in [-0.2, -0.15) is 0 Å². The van der Waals surface area contributed by atoms with Gasteiger partial charge < -0.3 is 4.74 Å². The molecule has 66 valence electrons. The average Bonchev–Trinajstić information content (AvgIpc) is 1.97. The van der Waals surface area contributed by atoms with Gasteiger partial charge in [0.15, 0.2) is 0 Å². The maximum absolute atomic E-state index is 10.5. The molecule has 3 nitrogen and oxygen atoms in total. The lowest BCUT2D eigenvalue weighted by Crippen LogP contribution is -2.10. The molecule has 0 radical (unpaired) electrons. The third kappa shape index (κ3) is 5.48. The smallest absolute Gasteiger partial charge is 0.366 e. The molecule has 0 unspecified atom stereocenters. The number of carbonyl (C=O) groups is 2. The van der Waals surface area contributed by atoms with Crippen LogP contribution in [0.15, 0.2) is 0 Å². The summed E-state index contributed by atoms with van der Waals surface area (Å²) >= 11 is 0. The highest BCUT2D eigenvalue weighted by molar-refractivity contribution is 6.32. The van der Waals surface area contributed by atoms with Crippen molar-refractivity contribution in [3.05, 3.63) is 0 Å². The summed E-state index contributed by atoms with van der Waals surface area (Å²) in [7, 11) is 0. The lowest BCUT2D eigenvalue weighted by Gasteiger charge is -1.92. The van der Waals surface area contributed by atoms with Crippen LogP contribution in [-0.2, 0) is 14.3 Å². The lowest BCUT2D eigenvalue weighted by atomic mass is 10.1. The van der Waals surface area contributed by atoms with E-state index < -0.39 is 11.8 Å². The first-order valence-corrected chi connectivity index (χ1v) is 3.73. The van der Waals surface area contributed by atoms with Crippen molar-refractivity contribution < 1.29 is 14.3 Å². The quantitative estimate of drug-likeness (QED) is 0.352. The van der Waals surface area contributed by atoms with Gasteiger partial charge in [-0.15, -0.1) is 0 Å². The lowest BCUT2D eigenvalue weighted by molar-refractivity contribution is -0.147. The molecule has 0 aliphatic rings. The Hall–Kier alpha value is -1.30. The zero-order valence-electron chi connectivity index (χ0n) is 7.51. The number of Topliss-reactive ketones (excluding diaryl/α,β-unsaturated/α-hetero) is 1. The van der Waals surface area contributed by atoms with Crippen LogP contribution in [0.1, 0.15) is 27.2 Å². The van der Waals surface area contributed by atoms with Gasteiger partial charge in [-0.1, -0.05) is 19.8 Å². The van der Waals surface area contributed by atoms with Crippen molar-refractivity contribution in [2.24, 2.45) is 5.92 Å². The molecule has 3 heteroatoms. The average molecular weight is 168 g/mol. The maximum atomic E-state index is 10.5. The molecule has 0 heterocycles. The van der Waals surface area contributed by atoms with Crippen LogP contribution in [0.4, 0.5) is 0 Å². The van der Waals surface area contributed by atoms with Crippen molar-refractivity contribution >= 4 is 11.8 Å². The van der Waals surface area contributed by atoms with E-state index in [1.807, 2.05) is 13.8 Å². The fourth-order valence-electron chi connectivity index (χ4n) is 0.400. The highest BCUT2D eigenvalue weighted by Gasteiger charge is 2.06. The number of rotatable bonds is 2. The molecule has 0 fully saturated rings. The third-order valence-electron chi connectivity index (χ3n) is 1.01. The zero-order chi connectivity index (χ0) is 9.56. The fraction of sp³-hybridized carbons (Fsp3) is 0.556. The monoisotopic (exact) mass is 168 g/mol. The molecule has 0 aliphatic carbocycles. The number of ether oxygens (including phenoxy) is 1. The Morgan fingerprint density at radius 1 is 1.42 bits per heavy atom. The third-order valence-corrected chi connectivity index (χ3v) is 1.01. The van der Waals surface area contributed by atoms with Crippen molar-refractivity contribution in [3.63, 3.8) is 0 Å². The fourth-order valence-corrected chi connectivity index (χ4v) is 0.400. The summed E-state index contributed by atoms with van der Waals surface area (Å²) in [5.41, 5.74) is 0. The van der Waals surface area contributed by atoms with Crippen LogP contribution in [0, 0.1) is 17.9 Å². The van der Waals surface area contributed by atoms with E-state index in [9.17, 15) is 9.59 Å². The van der Waals surface area contributed by atoms with E-state index in [-0.39, 0.29) is 0 Å². The molecule has 0 aromatic rings. The Morgan fingerprint density at radius 2 is 2.00 bits per heavy atom. The van der Waals surface area contributed by atoms with Crippen LogP contribution in [0.2, 0.25) is 0 Å². The number of esters is 1. The molecule has 0 rings (SSSR count). The molecule has 0 amide bonds. The van der Waals surface area contributed by atoms with Crippen LogP contribution >= 0.6 is 0 Å². The largest absolute Gasteiger partial charge is 0.388 e. The summed E-state index contributed by atoms with van der Waals surface area (Å²) < 4.78 is 4.30. The van der Waals surface area contributed by atoms with Crippen LogP contribution in [0.25, 0.3) is 0 Å². The van der Waals surface area contributed by atoms with E-state index >= 15 is 0 Å². The van der Waals surface area contributed by atoms with Gasteiger partial charge in [-0.3, -0.25) is 4.79 Å². The van der Waals surface area contributed by atoms with Gasteiger partial charge in [0.25, 0.3) is 0 Å². The van der Waals surface area contributed by atoms with E-state index in [4.69, 9.17) is 0 Å². The molecule has 0 bridgehead atoms. The van der Waals surface area contributed by atoms with E-state index in [0.717, 1.165) is 6.92 Å². The minimum Gasteiger partial charge on any atom is -0.366 e. The Balaban J connectivity index is 3.72. The number of hydrogen-bond acceptors (Lipinski definition) is 3. The Labute approximate surface area is 72.1 Å². The first kappa shape index (κ1) is 10.7. The Morgan fingerprint density at radius 3 is 2.42 bits per heavy atom. The van der Waals surface area contributed by atoms with Gasteiger partial charge in [0, 0.05) is 13.3 Å². The highest BCUT2D eigenvalue weighted by atomic mass is 16.5.